The summed E-state index contributed by atoms with van der Waals surface area (Å²) in [6.07, 6.45) is 0.390. The van der Waals surface area contributed by atoms with E-state index in [4.69, 9.17) is 10.9 Å². The summed E-state index contributed by atoms with van der Waals surface area (Å²) in [4.78, 5) is 0.159. The fourth-order valence-corrected chi connectivity index (χ4v) is 2.86. The lowest BCUT2D eigenvalue weighted by molar-refractivity contribution is 0.315. The van der Waals surface area contributed by atoms with Gasteiger partial charge in [0.15, 0.2) is 5.84 Å². The molecule has 18 heavy (non-hydrogen) atoms. The number of aryl methyl sites for hydroxylation is 1. The molecule has 0 radical (unpaired) electrons. The summed E-state index contributed by atoms with van der Waals surface area (Å²) >= 11 is 0. The molecule has 6 nitrogen and oxygen atoms in total. The molecule has 0 saturated carbocycles. The molecule has 0 spiro atoms. The van der Waals surface area contributed by atoms with Crippen molar-refractivity contribution in [3.8, 4) is 0 Å². The van der Waals surface area contributed by atoms with E-state index in [1.54, 1.807) is 32.0 Å². The third-order valence-corrected chi connectivity index (χ3v) is 3.95. The molecule has 1 atom stereocenters. The number of hydrogen-bond acceptors (Lipinski definition) is 4. The average Bonchev–Trinajstić information content (AvgIpc) is 2.35. The largest absolute Gasteiger partial charge is 0.409 e. The first kappa shape index (κ1) is 14.5. The van der Waals surface area contributed by atoms with Crippen molar-refractivity contribution in [3.05, 3.63) is 29.8 Å². The van der Waals surface area contributed by atoms with Crippen LogP contribution in [0.1, 0.15) is 18.9 Å². The van der Waals surface area contributed by atoms with E-state index in [2.05, 4.69) is 9.88 Å². The number of nitrogens with zero attached hydrogens (tertiary/aromatic N) is 1. The van der Waals surface area contributed by atoms with Crippen molar-refractivity contribution in [2.24, 2.45) is 10.9 Å². The highest BCUT2D eigenvalue weighted by Crippen LogP contribution is 2.11. The van der Waals surface area contributed by atoms with Crippen LogP contribution in [0.5, 0.6) is 0 Å². The fourth-order valence-electron chi connectivity index (χ4n) is 1.46. The Balaban J connectivity index is 3.01. The van der Waals surface area contributed by atoms with Crippen molar-refractivity contribution in [1.29, 1.82) is 0 Å². The van der Waals surface area contributed by atoms with E-state index in [1.165, 1.54) is 6.07 Å². The molecule has 0 amide bonds. The molecule has 4 N–H and O–H groups in total. The number of benzene rings is 1. The molecule has 100 valence electrons. The fraction of sp³-hybridized carbons (Fsp3) is 0.364. The molecular weight excluding hydrogens is 254 g/mol. The van der Waals surface area contributed by atoms with Crippen LogP contribution in [0.3, 0.4) is 0 Å². The van der Waals surface area contributed by atoms with Crippen LogP contribution in [0.25, 0.3) is 0 Å². The third kappa shape index (κ3) is 3.44. The van der Waals surface area contributed by atoms with Gasteiger partial charge in [-0.25, -0.2) is 13.1 Å². The molecule has 0 aromatic heterocycles. The Labute approximate surface area is 107 Å². The normalized spacial score (nSPS) is 14.4. The van der Waals surface area contributed by atoms with Crippen LogP contribution in [0.4, 0.5) is 0 Å². The van der Waals surface area contributed by atoms with Gasteiger partial charge < -0.3 is 10.9 Å². The highest BCUT2D eigenvalue weighted by Gasteiger charge is 2.21. The Kier molecular flexibility index (Phi) is 4.69. The number of nitrogens with two attached hydrogens (primary N) is 1. The molecule has 0 aliphatic heterocycles. The average molecular weight is 271 g/mol. The Bertz CT molecular complexity index is 540. The number of rotatable bonds is 5. The molecule has 0 bridgehead atoms. The molecular formula is C11H17N3O3S. The molecule has 0 heterocycles. The Morgan fingerprint density at radius 2 is 2.22 bits per heavy atom. The Hall–Kier alpha value is -1.60. The molecule has 1 rings (SSSR count). The van der Waals surface area contributed by atoms with Crippen molar-refractivity contribution in [2.75, 3.05) is 0 Å². The second-order valence-corrected chi connectivity index (χ2v) is 5.64. The van der Waals surface area contributed by atoms with Gasteiger partial charge in [-0.1, -0.05) is 24.2 Å². The monoisotopic (exact) mass is 271 g/mol. The van der Waals surface area contributed by atoms with Gasteiger partial charge in [0.2, 0.25) is 10.0 Å². The van der Waals surface area contributed by atoms with Gasteiger partial charge in [-0.15, -0.1) is 0 Å². The first-order valence-corrected chi connectivity index (χ1v) is 6.95. The molecule has 1 unspecified atom stereocenters. The first-order valence-electron chi connectivity index (χ1n) is 5.47. The van der Waals surface area contributed by atoms with Gasteiger partial charge in [0.1, 0.15) is 0 Å². The number of sulfonamides is 1. The van der Waals surface area contributed by atoms with Crippen LogP contribution in [-0.4, -0.2) is 25.5 Å². The van der Waals surface area contributed by atoms with Gasteiger partial charge in [0.25, 0.3) is 0 Å². The number of amidine groups is 1. The number of oxime groups is 1. The van der Waals surface area contributed by atoms with E-state index in [-0.39, 0.29) is 10.7 Å². The highest BCUT2D eigenvalue weighted by atomic mass is 32.2. The second-order valence-electron chi connectivity index (χ2n) is 3.92. The maximum absolute atomic E-state index is 12.1. The van der Waals surface area contributed by atoms with Gasteiger partial charge in [-0.3, -0.25) is 0 Å². The summed E-state index contributed by atoms with van der Waals surface area (Å²) < 4.78 is 26.5. The van der Waals surface area contributed by atoms with Crippen LogP contribution in [0.15, 0.2) is 34.3 Å². The van der Waals surface area contributed by atoms with Gasteiger partial charge in [0, 0.05) is 0 Å². The maximum Gasteiger partial charge on any atom is 0.241 e. The van der Waals surface area contributed by atoms with Gasteiger partial charge in [0.05, 0.1) is 10.9 Å². The van der Waals surface area contributed by atoms with Gasteiger partial charge in [-0.2, -0.15) is 0 Å². The molecule has 0 fully saturated rings. The maximum atomic E-state index is 12.1. The zero-order chi connectivity index (χ0) is 13.8. The molecule has 0 aliphatic rings. The molecule has 7 heteroatoms. The van der Waals surface area contributed by atoms with E-state index < -0.39 is 16.1 Å². The minimum atomic E-state index is -3.67. The van der Waals surface area contributed by atoms with E-state index in [1.807, 2.05) is 0 Å². The number of hydrogen-bond donors (Lipinski definition) is 3. The van der Waals surface area contributed by atoms with Crippen molar-refractivity contribution >= 4 is 15.9 Å². The minimum Gasteiger partial charge on any atom is -0.409 e. The Morgan fingerprint density at radius 1 is 1.56 bits per heavy atom. The number of nitrogens with one attached hydrogen (secondary N) is 1. The van der Waals surface area contributed by atoms with Crippen LogP contribution < -0.4 is 10.5 Å². The predicted molar refractivity (Wildman–Crippen MR) is 69.0 cm³/mol. The van der Waals surface area contributed by atoms with E-state index in [9.17, 15) is 8.42 Å². The van der Waals surface area contributed by atoms with Gasteiger partial charge >= 0.3 is 0 Å². The van der Waals surface area contributed by atoms with E-state index in [0.29, 0.717) is 6.42 Å². The van der Waals surface area contributed by atoms with E-state index >= 15 is 0 Å². The van der Waals surface area contributed by atoms with Crippen LogP contribution >= 0.6 is 0 Å². The molecule has 1 aromatic carbocycles. The van der Waals surface area contributed by atoms with E-state index in [0.717, 1.165) is 5.56 Å². The summed E-state index contributed by atoms with van der Waals surface area (Å²) in [6.45, 7) is 3.54. The summed E-state index contributed by atoms with van der Waals surface area (Å²) in [6, 6.07) is 5.80. The van der Waals surface area contributed by atoms with Crippen molar-refractivity contribution < 1.29 is 13.6 Å². The SMILES string of the molecule is CCC(NS(=O)(=O)c1cccc(C)c1)/C(N)=N/O. The summed E-state index contributed by atoms with van der Waals surface area (Å²) in [5, 5.41) is 11.4. The zero-order valence-electron chi connectivity index (χ0n) is 10.3. The Morgan fingerprint density at radius 3 is 2.72 bits per heavy atom. The van der Waals surface area contributed by atoms with Crippen molar-refractivity contribution in [3.63, 3.8) is 0 Å². The summed E-state index contributed by atoms with van der Waals surface area (Å²) in [5.74, 6) is -0.159. The third-order valence-electron chi connectivity index (χ3n) is 2.48. The van der Waals surface area contributed by atoms with Crippen molar-refractivity contribution in [2.45, 2.75) is 31.2 Å². The van der Waals surface area contributed by atoms with Crippen molar-refractivity contribution in [1.82, 2.24) is 4.72 Å². The van der Waals surface area contributed by atoms with Crippen LogP contribution in [0.2, 0.25) is 0 Å². The molecule has 1 aromatic rings. The van der Waals surface area contributed by atoms with Crippen LogP contribution in [-0.2, 0) is 10.0 Å². The minimum absolute atomic E-state index is 0.159. The topological polar surface area (TPSA) is 105 Å². The second kappa shape index (κ2) is 5.83. The quantitative estimate of drug-likeness (QED) is 0.319. The zero-order valence-corrected chi connectivity index (χ0v) is 11.1. The molecule has 0 saturated heterocycles. The lowest BCUT2D eigenvalue weighted by atomic mass is 10.2. The highest BCUT2D eigenvalue weighted by molar-refractivity contribution is 7.89. The predicted octanol–water partition coefficient (Wildman–Crippen LogP) is 0.798. The molecule has 0 aliphatic carbocycles. The summed E-state index contributed by atoms with van der Waals surface area (Å²) in [7, 11) is -3.67. The first-order chi connectivity index (χ1) is 8.40. The lowest BCUT2D eigenvalue weighted by Gasteiger charge is -2.15. The van der Waals surface area contributed by atoms with Crippen LogP contribution in [0, 0.1) is 6.92 Å². The lowest BCUT2D eigenvalue weighted by Crippen LogP contribution is -2.44. The van der Waals surface area contributed by atoms with Gasteiger partial charge in [-0.05, 0) is 31.0 Å². The smallest absolute Gasteiger partial charge is 0.241 e. The standard InChI is InChI=1S/C11H17N3O3S/c1-3-10(11(12)13-15)14-18(16,17)9-6-4-5-8(2)7-9/h4-7,10,14-15H,3H2,1-2H3,(H2,12,13). The summed E-state index contributed by atoms with van der Waals surface area (Å²) in [5.41, 5.74) is 6.26.